The Balaban J connectivity index is 1.69. The molecule has 1 aromatic heterocycles. The summed E-state index contributed by atoms with van der Waals surface area (Å²) < 4.78 is 0. The van der Waals surface area contributed by atoms with Gasteiger partial charge in [-0.05, 0) is 42.9 Å². The fraction of sp³-hybridized carbons (Fsp3) is 0.500. The average Bonchev–Trinajstić information content (AvgIpc) is 2.76. The predicted octanol–water partition coefficient (Wildman–Crippen LogP) is 4.87. The van der Waals surface area contributed by atoms with Crippen LogP contribution in [-0.2, 0) is 6.54 Å². The number of nitrogens with one attached hydrogen (secondary N) is 3. The Kier molecular flexibility index (Phi) is 8.11. The van der Waals surface area contributed by atoms with Crippen molar-refractivity contribution in [2.24, 2.45) is 5.92 Å². The van der Waals surface area contributed by atoms with Crippen molar-refractivity contribution in [3.63, 3.8) is 0 Å². The summed E-state index contributed by atoms with van der Waals surface area (Å²) in [4.78, 5) is 21.5. The van der Waals surface area contributed by atoms with Crippen molar-refractivity contribution in [3.05, 3.63) is 46.6 Å². The summed E-state index contributed by atoms with van der Waals surface area (Å²) in [5.41, 5.74) is 1.57. The quantitative estimate of drug-likeness (QED) is 0.544. The minimum Gasteiger partial charge on any atom is -0.369 e. The van der Waals surface area contributed by atoms with Crippen LogP contribution in [0.25, 0.3) is 0 Å². The Morgan fingerprint density at radius 2 is 1.90 bits per heavy atom. The molecule has 0 atom stereocenters. The second kappa shape index (κ2) is 11.0. The predicted molar refractivity (Wildman–Crippen MR) is 118 cm³/mol. The molecule has 1 amide bonds. The van der Waals surface area contributed by atoms with Gasteiger partial charge in [0.2, 0.25) is 5.95 Å². The van der Waals surface area contributed by atoms with Crippen LogP contribution in [0, 0.1) is 5.92 Å². The number of hydrogen-bond donors (Lipinski definition) is 3. The molecule has 3 N–H and O–H groups in total. The Morgan fingerprint density at radius 1 is 1.14 bits per heavy atom. The summed E-state index contributed by atoms with van der Waals surface area (Å²) in [5.74, 6) is 1.59. The molecule has 6 nitrogen and oxygen atoms in total. The summed E-state index contributed by atoms with van der Waals surface area (Å²) in [6.07, 6.45) is 8.85. The van der Waals surface area contributed by atoms with Crippen molar-refractivity contribution in [1.82, 2.24) is 15.3 Å². The first kappa shape index (κ1) is 21.4. The lowest BCUT2D eigenvalue weighted by molar-refractivity contribution is 0.0954. The minimum atomic E-state index is -0.137. The molecule has 1 fully saturated rings. The number of rotatable bonds is 9. The molecule has 0 unspecified atom stereocenters. The summed E-state index contributed by atoms with van der Waals surface area (Å²) in [5, 5.41) is 10.3. The first-order valence-electron chi connectivity index (χ1n) is 10.5. The molecule has 1 saturated carbocycles. The zero-order chi connectivity index (χ0) is 20.5. The van der Waals surface area contributed by atoms with E-state index in [1.54, 1.807) is 6.20 Å². The van der Waals surface area contributed by atoms with E-state index in [1.165, 1.54) is 32.1 Å². The van der Waals surface area contributed by atoms with Crippen LogP contribution in [-0.4, -0.2) is 29.0 Å². The minimum absolute atomic E-state index is 0.137. The van der Waals surface area contributed by atoms with Crippen molar-refractivity contribution in [1.29, 1.82) is 0 Å². The van der Waals surface area contributed by atoms with Gasteiger partial charge in [0.15, 0.2) is 0 Å². The van der Waals surface area contributed by atoms with E-state index >= 15 is 0 Å². The molecule has 0 bridgehead atoms. The molecule has 2 aromatic rings. The van der Waals surface area contributed by atoms with Crippen LogP contribution in [0.4, 0.5) is 11.8 Å². The first-order chi connectivity index (χ1) is 14.2. The van der Waals surface area contributed by atoms with Gasteiger partial charge in [-0.25, -0.2) is 4.98 Å². The number of hydrogen-bond acceptors (Lipinski definition) is 5. The van der Waals surface area contributed by atoms with Crippen molar-refractivity contribution in [3.8, 4) is 0 Å². The van der Waals surface area contributed by atoms with Crippen LogP contribution < -0.4 is 16.0 Å². The second-order valence-corrected chi connectivity index (χ2v) is 8.01. The molecular weight excluding hydrogens is 386 g/mol. The van der Waals surface area contributed by atoms with Crippen LogP contribution >= 0.6 is 11.6 Å². The van der Waals surface area contributed by atoms with Crippen molar-refractivity contribution in [2.45, 2.75) is 52.0 Å². The highest BCUT2D eigenvalue weighted by atomic mass is 35.5. The van der Waals surface area contributed by atoms with Crippen LogP contribution in [0.2, 0.25) is 5.02 Å². The summed E-state index contributed by atoms with van der Waals surface area (Å²) in [7, 11) is 0. The summed E-state index contributed by atoms with van der Waals surface area (Å²) in [6.45, 7) is 4.09. The highest BCUT2D eigenvalue weighted by Crippen LogP contribution is 2.24. The number of benzene rings is 1. The highest BCUT2D eigenvalue weighted by Gasteiger charge is 2.17. The molecule has 3 rings (SSSR count). The van der Waals surface area contributed by atoms with Gasteiger partial charge in [-0.15, -0.1) is 0 Å². The smallest absolute Gasteiger partial charge is 0.256 e. The van der Waals surface area contributed by atoms with Crippen LogP contribution in [0.3, 0.4) is 0 Å². The van der Waals surface area contributed by atoms with Crippen LogP contribution in [0.15, 0.2) is 30.5 Å². The van der Waals surface area contributed by atoms with E-state index in [4.69, 9.17) is 11.6 Å². The number of carbonyl (C=O) groups is 1. The fourth-order valence-corrected chi connectivity index (χ4v) is 3.64. The van der Waals surface area contributed by atoms with Gasteiger partial charge in [-0.3, -0.25) is 4.79 Å². The van der Waals surface area contributed by atoms with E-state index < -0.39 is 0 Å². The van der Waals surface area contributed by atoms with Crippen LogP contribution in [0.1, 0.15) is 61.4 Å². The van der Waals surface area contributed by atoms with Gasteiger partial charge in [-0.2, -0.15) is 4.98 Å². The third-order valence-electron chi connectivity index (χ3n) is 5.22. The normalized spacial score (nSPS) is 14.4. The van der Waals surface area contributed by atoms with Crippen molar-refractivity contribution < 1.29 is 4.79 Å². The monoisotopic (exact) mass is 415 g/mol. The zero-order valence-corrected chi connectivity index (χ0v) is 17.8. The molecule has 0 aliphatic heterocycles. The SMILES string of the molecule is CCCNC(=O)c1cnc(NCc2ccc(Cl)cc2)nc1NCC1CCCCC1. The Morgan fingerprint density at radius 3 is 2.62 bits per heavy atom. The molecule has 1 aromatic carbocycles. The number of amides is 1. The molecular formula is C22H30ClN5O. The third kappa shape index (κ3) is 6.60. The first-order valence-corrected chi connectivity index (χ1v) is 10.9. The largest absolute Gasteiger partial charge is 0.369 e. The number of halogens is 1. The van der Waals surface area contributed by atoms with E-state index in [0.29, 0.717) is 41.4 Å². The zero-order valence-electron chi connectivity index (χ0n) is 17.0. The van der Waals surface area contributed by atoms with Gasteiger partial charge in [0.05, 0.1) is 0 Å². The van der Waals surface area contributed by atoms with Gasteiger partial charge in [0.25, 0.3) is 5.91 Å². The maximum atomic E-state index is 12.5. The van der Waals surface area contributed by atoms with Crippen molar-refractivity contribution in [2.75, 3.05) is 23.7 Å². The van der Waals surface area contributed by atoms with E-state index in [-0.39, 0.29) is 5.91 Å². The molecule has 0 saturated heterocycles. The molecule has 1 aliphatic carbocycles. The number of carbonyl (C=O) groups excluding carboxylic acids is 1. The summed E-state index contributed by atoms with van der Waals surface area (Å²) in [6, 6.07) is 7.64. The number of aromatic nitrogens is 2. The number of anilines is 2. The topological polar surface area (TPSA) is 78.9 Å². The summed E-state index contributed by atoms with van der Waals surface area (Å²) >= 11 is 5.94. The van der Waals surface area contributed by atoms with Gasteiger partial charge < -0.3 is 16.0 Å². The van der Waals surface area contributed by atoms with E-state index in [2.05, 4.69) is 25.9 Å². The van der Waals surface area contributed by atoms with Gasteiger partial charge >= 0.3 is 0 Å². The maximum absolute atomic E-state index is 12.5. The molecule has 156 valence electrons. The van der Waals surface area contributed by atoms with E-state index in [1.807, 2.05) is 31.2 Å². The van der Waals surface area contributed by atoms with Gasteiger partial charge in [-0.1, -0.05) is 49.9 Å². The van der Waals surface area contributed by atoms with Gasteiger partial charge in [0, 0.05) is 30.9 Å². The molecule has 0 radical (unpaired) electrons. The third-order valence-corrected chi connectivity index (χ3v) is 5.47. The second-order valence-electron chi connectivity index (χ2n) is 7.58. The van der Waals surface area contributed by atoms with E-state index in [9.17, 15) is 4.79 Å². The fourth-order valence-electron chi connectivity index (χ4n) is 3.52. The van der Waals surface area contributed by atoms with Gasteiger partial charge in [0.1, 0.15) is 11.4 Å². The lowest BCUT2D eigenvalue weighted by Gasteiger charge is -2.22. The maximum Gasteiger partial charge on any atom is 0.256 e. The van der Waals surface area contributed by atoms with Crippen LogP contribution in [0.5, 0.6) is 0 Å². The Hall–Kier alpha value is -2.34. The average molecular weight is 416 g/mol. The molecule has 7 heteroatoms. The number of nitrogens with zero attached hydrogens (tertiary/aromatic N) is 2. The van der Waals surface area contributed by atoms with E-state index in [0.717, 1.165) is 18.5 Å². The molecule has 0 spiro atoms. The molecule has 1 heterocycles. The Labute approximate surface area is 177 Å². The Bertz CT molecular complexity index is 790. The standard InChI is InChI=1S/C22H30ClN5O/c1-2-12-24-21(29)19-15-27-22(26-14-17-8-10-18(23)11-9-17)28-20(19)25-13-16-6-4-3-5-7-16/h8-11,15-16H,2-7,12-14H2,1H3,(H,24,29)(H2,25,26,27,28). The van der Waals surface area contributed by atoms with Crippen molar-refractivity contribution >= 4 is 29.3 Å². The molecule has 1 aliphatic rings. The molecule has 29 heavy (non-hydrogen) atoms. The lowest BCUT2D eigenvalue weighted by Crippen LogP contribution is -2.27. The lowest BCUT2D eigenvalue weighted by atomic mass is 9.89. The highest BCUT2D eigenvalue weighted by molar-refractivity contribution is 6.30.